The van der Waals surface area contributed by atoms with Gasteiger partial charge < -0.3 is 19.4 Å². The number of hydrogen-bond acceptors (Lipinski definition) is 9. The molecule has 1 spiro atoms. The highest BCUT2D eigenvalue weighted by Gasteiger charge is 2.57. The van der Waals surface area contributed by atoms with E-state index < -0.39 is 5.97 Å². The van der Waals surface area contributed by atoms with E-state index in [1.54, 1.807) is 26.7 Å². The number of nitrogens with zero attached hydrogens (tertiary/aromatic N) is 9. The summed E-state index contributed by atoms with van der Waals surface area (Å²) in [5.41, 5.74) is 1.90. The van der Waals surface area contributed by atoms with Crippen molar-refractivity contribution in [3.63, 3.8) is 0 Å². The van der Waals surface area contributed by atoms with Crippen LogP contribution in [0.2, 0.25) is 0 Å². The van der Waals surface area contributed by atoms with Crippen molar-refractivity contribution in [1.29, 1.82) is 0 Å². The van der Waals surface area contributed by atoms with Gasteiger partial charge in [-0.25, -0.2) is 9.78 Å². The molecule has 228 valence electrons. The number of pyridine rings is 1. The van der Waals surface area contributed by atoms with E-state index in [0.717, 1.165) is 17.7 Å². The average Bonchev–Trinajstić information content (AvgIpc) is 3.83. The average molecular weight is 600 g/mol. The molecule has 2 amide bonds. The third-order valence-corrected chi connectivity index (χ3v) is 9.31. The summed E-state index contributed by atoms with van der Waals surface area (Å²) in [5.74, 6) is 0.0366. The molecule has 0 aromatic carbocycles. The number of amides is 2. The number of carbonyl (C=O) groups excluding carboxylic acids is 2. The number of aromatic carboxylic acids is 1. The van der Waals surface area contributed by atoms with Crippen molar-refractivity contribution in [2.24, 2.45) is 5.41 Å². The summed E-state index contributed by atoms with van der Waals surface area (Å²) >= 11 is 0. The molecule has 1 saturated carbocycles. The van der Waals surface area contributed by atoms with Gasteiger partial charge in [-0.3, -0.25) is 19.0 Å². The van der Waals surface area contributed by atoms with E-state index in [4.69, 9.17) is 19.7 Å². The Morgan fingerprint density at radius 2 is 1.98 bits per heavy atom. The molecule has 14 nitrogen and oxygen atoms in total. The zero-order valence-electron chi connectivity index (χ0n) is 24.3. The third-order valence-electron chi connectivity index (χ3n) is 9.31. The van der Waals surface area contributed by atoms with E-state index in [0.29, 0.717) is 55.9 Å². The summed E-state index contributed by atoms with van der Waals surface area (Å²) < 4.78 is 9.23. The number of carbonyl (C=O) groups is 3. The number of carboxylic acids is 1. The van der Waals surface area contributed by atoms with Gasteiger partial charge in [0, 0.05) is 56.1 Å². The normalized spacial score (nSPS) is 20.2. The first-order valence-corrected chi connectivity index (χ1v) is 14.9. The van der Waals surface area contributed by atoms with Gasteiger partial charge in [-0.2, -0.15) is 15.2 Å². The van der Waals surface area contributed by atoms with Crippen LogP contribution in [0.3, 0.4) is 0 Å². The lowest BCUT2D eigenvalue weighted by atomic mass is 9.71. The highest BCUT2D eigenvalue weighted by Crippen LogP contribution is 2.48. The summed E-state index contributed by atoms with van der Waals surface area (Å²) in [5, 5.41) is 22.6. The molecular weight excluding hydrogens is 566 g/mol. The van der Waals surface area contributed by atoms with E-state index in [1.165, 1.54) is 44.1 Å². The van der Waals surface area contributed by atoms with Crippen molar-refractivity contribution >= 4 is 18.3 Å². The highest BCUT2D eigenvalue weighted by atomic mass is 16.5. The van der Waals surface area contributed by atoms with Crippen LogP contribution in [0.25, 0.3) is 0 Å². The van der Waals surface area contributed by atoms with Crippen LogP contribution in [0.15, 0.2) is 47.5 Å². The maximum absolute atomic E-state index is 13.6. The van der Waals surface area contributed by atoms with Gasteiger partial charge in [-0.05, 0) is 37.5 Å². The standard InChI is InChI=1S/C30H33N9O5/c1-19(39-9-8-24(34-39)21-4-2-3-5-21)27-33-26(35-44-27)23-14-37(17-30(23)15-36(16-30)18-40)28(41)22-11-32-38(13-22)12-20-6-7-25(29(42)43)31-10-20/h6-11,13,18-19,21,23H,2-5,12,14-17H2,1H3,(H,42,43). The van der Waals surface area contributed by atoms with Gasteiger partial charge in [0.2, 0.25) is 6.41 Å². The minimum atomic E-state index is -1.09. The predicted octanol–water partition coefficient (Wildman–Crippen LogP) is 2.57. The van der Waals surface area contributed by atoms with E-state index in [9.17, 15) is 14.4 Å². The van der Waals surface area contributed by atoms with E-state index >= 15 is 0 Å². The molecule has 6 heterocycles. The molecule has 1 N–H and O–H groups in total. The first kappa shape index (κ1) is 27.9. The van der Waals surface area contributed by atoms with Crippen molar-refractivity contribution in [3.05, 3.63) is 77.2 Å². The minimum Gasteiger partial charge on any atom is -0.477 e. The molecule has 3 aliphatic rings. The van der Waals surface area contributed by atoms with Crippen LogP contribution < -0.4 is 0 Å². The van der Waals surface area contributed by atoms with E-state index in [2.05, 4.69) is 21.3 Å². The lowest BCUT2D eigenvalue weighted by Crippen LogP contribution is -2.59. The Kier molecular flexibility index (Phi) is 6.98. The zero-order chi connectivity index (χ0) is 30.4. The molecule has 2 unspecified atom stereocenters. The Morgan fingerprint density at radius 3 is 2.70 bits per heavy atom. The summed E-state index contributed by atoms with van der Waals surface area (Å²) in [6.07, 6.45) is 12.3. The summed E-state index contributed by atoms with van der Waals surface area (Å²) in [7, 11) is 0. The Morgan fingerprint density at radius 1 is 1.16 bits per heavy atom. The Balaban J connectivity index is 1.06. The number of likely N-dealkylation sites (tertiary alicyclic amines) is 2. The van der Waals surface area contributed by atoms with Crippen molar-refractivity contribution in [1.82, 2.24) is 44.5 Å². The maximum atomic E-state index is 13.6. The van der Waals surface area contributed by atoms with Crippen LogP contribution in [0.5, 0.6) is 0 Å². The molecule has 14 heteroatoms. The topological polar surface area (TPSA) is 165 Å². The van der Waals surface area contributed by atoms with Crippen LogP contribution in [-0.2, 0) is 11.3 Å². The second kappa shape index (κ2) is 11.0. The van der Waals surface area contributed by atoms with Crippen LogP contribution in [0.4, 0.5) is 0 Å². The molecule has 44 heavy (non-hydrogen) atoms. The Labute approximate surface area is 252 Å². The van der Waals surface area contributed by atoms with E-state index in [1.807, 2.05) is 17.8 Å². The molecule has 4 aromatic rings. The monoisotopic (exact) mass is 599 g/mol. The van der Waals surface area contributed by atoms with Crippen molar-refractivity contribution in [2.45, 2.75) is 57.0 Å². The fraction of sp³-hybridized carbons (Fsp3) is 0.467. The molecule has 7 rings (SSSR count). The fourth-order valence-corrected chi connectivity index (χ4v) is 6.89. The van der Waals surface area contributed by atoms with Gasteiger partial charge in [0.1, 0.15) is 11.7 Å². The number of carboxylic acid groups (broad SMARTS) is 1. The number of rotatable bonds is 9. The summed E-state index contributed by atoms with van der Waals surface area (Å²) in [4.78, 5) is 48.4. The lowest BCUT2D eigenvalue weighted by molar-refractivity contribution is -0.129. The highest BCUT2D eigenvalue weighted by molar-refractivity contribution is 5.94. The van der Waals surface area contributed by atoms with Crippen molar-refractivity contribution in [2.75, 3.05) is 26.2 Å². The van der Waals surface area contributed by atoms with Crippen molar-refractivity contribution < 1.29 is 24.0 Å². The summed E-state index contributed by atoms with van der Waals surface area (Å²) in [6.45, 7) is 4.17. The molecule has 2 atom stereocenters. The second-order valence-corrected chi connectivity index (χ2v) is 12.3. The van der Waals surface area contributed by atoms with Gasteiger partial charge in [-0.15, -0.1) is 0 Å². The number of hydrogen-bond donors (Lipinski definition) is 1. The minimum absolute atomic E-state index is 0.0373. The first-order chi connectivity index (χ1) is 21.3. The smallest absolute Gasteiger partial charge is 0.354 e. The van der Waals surface area contributed by atoms with Gasteiger partial charge >= 0.3 is 5.97 Å². The molecular formula is C30H33N9O5. The first-order valence-electron chi connectivity index (χ1n) is 14.9. The molecule has 1 aliphatic carbocycles. The fourth-order valence-electron chi connectivity index (χ4n) is 6.89. The SMILES string of the molecule is CC(c1nc(C2CN(C(=O)c3cnn(Cc4ccc(C(=O)O)nc4)c3)CC23CN(C=O)C3)no1)n1ccc(C2CCCC2)n1. The molecule has 2 saturated heterocycles. The Hall–Kier alpha value is -4.88. The van der Waals surface area contributed by atoms with Crippen LogP contribution in [-0.4, -0.2) is 94.1 Å². The third kappa shape index (κ3) is 5.03. The molecule has 0 bridgehead atoms. The van der Waals surface area contributed by atoms with Gasteiger partial charge in [0.25, 0.3) is 11.8 Å². The summed E-state index contributed by atoms with van der Waals surface area (Å²) in [6, 6.07) is 4.95. The van der Waals surface area contributed by atoms with Crippen LogP contribution >= 0.6 is 0 Å². The maximum Gasteiger partial charge on any atom is 0.354 e. The van der Waals surface area contributed by atoms with Crippen molar-refractivity contribution in [3.8, 4) is 0 Å². The zero-order valence-corrected chi connectivity index (χ0v) is 24.3. The molecule has 3 fully saturated rings. The predicted molar refractivity (Wildman–Crippen MR) is 153 cm³/mol. The quantitative estimate of drug-likeness (QED) is 0.283. The van der Waals surface area contributed by atoms with Crippen LogP contribution in [0, 0.1) is 5.41 Å². The largest absolute Gasteiger partial charge is 0.477 e. The van der Waals surface area contributed by atoms with E-state index in [-0.39, 0.29) is 29.0 Å². The lowest BCUT2D eigenvalue weighted by Gasteiger charge is -2.48. The molecule has 4 aromatic heterocycles. The van der Waals surface area contributed by atoms with Gasteiger partial charge in [0.05, 0.1) is 29.9 Å². The van der Waals surface area contributed by atoms with Gasteiger partial charge in [-0.1, -0.05) is 24.1 Å². The van der Waals surface area contributed by atoms with Crippen LogP contribution in [0.1, 0.15) is 94.3 Å². The second-order valence-electron chi connectivity index (χ2n) is 12.3. The molecule has 2 aliphatic heterocycles. The number of aromatic nitrogens is 7. The Bertz CT molecular complexity index is 1680. The molecule has 0 radical (unpaired) electrons. The van der Waals surface area contributed by atoms with Gasteiger partial charge in [0.15, 0.2) is 5.82 Å².